The summed E-state index contributed by atoms with van der Waals surface area (Å²) in [6.45, 7) is 5.28. The number of nitriles is 1. The van der Waals surface area contributed by atoms with E-state index in [9.17, 15) is 5.26 Å². The molecular weight excluding hydrogens is 224 g/mol. The van der Waals surface area contributed by atoms with Crippen LogP contribution in [0.3, 0.4) is 0 Å². The molecule has 1 aromatic carbocycles. The van der Waals surface area contributed by atoms with Gasteiger partial charge < -0.3 is 4.74 Å². The van der Waals surface area contributed by atoms with Gasteiger partial charge in [-0.1, -0.05) is 37.3 Å². The van der Waals surface area contributed by atoms with Crippen molar-refractivity contribution in [1.29, 1.82) is 5.26 Å². The van der Waals surface area contributed by atoms with Gasteiger partial charge in [-0.3, -0.25) is 4.90 Å². The van der Waals surface area contributed by atoms with Gasteiger partial charge in [0.15, 0.2) is 0 Å². The van der Waals surface area contributed by atoms with Gasteiger partial charge in [0.2, 0.25) is 0 Å². The lowest BCUT2D eigenvalue weighted by Crippen LogP contribution is -2.53. The Kier molecular flexibility index (Phi) is 4.35. The zero-order valence-electron chi connectivity index (χ0n) is 10.9. The molecule has 1 aromatic rings. The molecule has 0 bridgehead atoms. The molecule has 1 fully saturated rings. The normalized spacial score (nSPS) is 20.0. The van der Waals surface area contributed by atoms with E-state index in [2.05, 4.69) is 30.0 Å². The number of ether oxygens (including phenoxy) is 1. The number of rotatable bonds is 4. The molecule has 1 saturated heterocycles. The van der Waals surface area contributed by atoms with Crippen LogP contribution in [0.5, 0.6) is 0 Å². The summed E-state index contributed by atoms with van der Waals surface area (Å²) in [4.78, 5) is 2.28. The molecule has 0 aromatic heterocycles. The summed E-state index contributed by atoms with van der Waals surface area (Å²) >= 11 is 0. The number of hydrogen-bond donors (Lipinski definition) is 0. The number of benzene rings is 1. The average molecular weight is 244 g/mol. The summed E-state index contributed by atoms with van der Waals surface area (Å²) in [5.74, 6) is 0. The van der Waals surface area contributed by atoms with Crippen molar-refractivity contribution in [3.05, 3.63) is 35.9 Å². The molecule has 1 aliphatic heterocycles. The number of morpholine rings is 1. The van der Waals surface area contributed by atoms with E-state index in [1.165, 1.54) is 5.56 Å². The molecule has 0 radical (unpaired) electrons. The van der Waals surface area contributed by atoms with Gasteiger partial charge in [0.1, 0.15) is 5.54 Å². The molecule has 96 valence electrons. The van der Waals surface area contributed by atoms with Crippen LogP contribution in [0.4, 0.5) is 0 Å². The maximum absolute atomic E-state index is 9.66. The second-order valence-corrected chi connectivity index (χ2v) is 4.76. The quantitative estimate of drug-likeness (QED) is 0.815. The smallest absolute Gasteiger partial charge is 0.113 e. The number of nitrogens with zero attached hydrogens (tertiary/aromatic N) is 2. The lowest BCUT2D eigenvalue weighted by molar-refractivity contribution is -0.00470. The zero-order chi connectivity index (χ0) is 12.8. The van der Waals surface area contributed by atoms with Crippen LogP contribution in [0, 0.1) is 11.3 Å². The van der Waals surface area contributed by atoms with Crippen molar-refractivity contribution in [3.8, 4) is 6.07 Å². The first-order chi connectivity index (χ1) is 8.80. The molecule has 18 heavy (non-hydrogen) atoms. The molecule has 3 heteroatoms. The Morgan fingerprint density at radius 1 is 1.28 bits per heavy atom. The van der Waals surface area contributed by atoms with Gasteiger partial charge in [0.05, 0.1) is 19.3 Å². The predicted molar refractivity (Wildman–Crippen MR) is 71.2 cm³/mol. The molecule has 3 nitrogen and oxygen atoms in total. The van der Waals surface area contributed by atoms with E-state index in [-0.39, 0.29) is 5.54 Å². The monoisotopic (exact) mass is 244 g/mol. The second kappa shape index (κ2) is 5.99. The van der Waals surface area contributed by atoms with Crippen molar-refractivity contribution in [2.45, 2.75) is 25.3 Å². The maximum atomic E-state index is 9.66. The minimum Gasteiger partial charge on any atom is -0.379 e. The van der Waals surface area contributed by atoms with Crippen LogP contribution in [-0.2, 0) is 11.2 Å². The van der Waals surface area contributed by atoms with Gasteiger partial charge in [-0.25, -0.2) is 0 Å². The van der Waals surface area contributed by atoms with Crippen molar-refractivity contribution in [3.63, 3.8) is 0 Å². The Hall–Kier alpha value is -1.37. The maximum Gasteiger partial charge on any atom is 0.113 e. The largest absolute Gasteiger partial charge is 0.379 e. The zero-order valence-corrected chi connectivity index (χ0v) is 10.9. The highest BCUT2D eigenvalue weighted by molar-refractivity contribution is 5.22. The molecular formula is C15H20N2O. The van der Waals surface area contributed by atoms with Gasteiger partial charge in [-0.2, -0.15) is 5.26 Å². The fraction of sp³-hybridized carbons (Fsp3) is 0.533. The molecule has 0 amide bonds. The SMILES string of the molecule is CCC(C#N)(Cc1ccccc1)N1CCOCC1. The highest BCUT2D eigenvalue weighted by Gasteiger charge is 2.36. The van der Waals surface area contributed by atoms with Gasteiger partial charge in [0, 0.05) is 19.5 Å². The summed E-state index contributed by atoms with van der Waals surface area (Å²) < 4.78 is 5.38. The van der Waals surface area contributed by atoms with E-state index in [0.717, 1.165) is 39.1 Å². The molecule has 1 unspecified atom stereocenters. The van der Waals surface area contributed by atoms with Crippen LogP contribution in [0.2, 0.25) is 0 Å². The standard InChI is InChI=1S/C15H20N2O/c1-2-15(13-16,17-8-10-18-11-9-17)12-14-6-4-3-5-7-14/h3-7H,2,8-12H2,1H3. The second-order valence-electron chi connectivity index (χ2n) is 4.76. The van der Waals surface area contributed by atoms with Gasteiger partial charge in [-0.15, -0.1) is 0 Å². The minimum absolute atomic E-state index is 0.384. The fourth-order valence-corrected chi connectivity index (χ4v) is 2.57. The first-order valence-corrected chi connectivity index (χ1v) is 6.59. The Morgan fingerprint density at radius 3 is 2.50 bits per heavy atom. The topological polar surface area (TPSA) is 36.3 Å². The van der Waals surface area contributed by atoms with Crippen LogP contribution in [0.15, 0.2) is 30.3 Å². The van der Waals surface area contributed by atoms with Gasteiger partial charge in [-0.05, 0) is 12.0 Å². The highest BCUT2D eigenvalue weighted by Crippen LogP contribution is 2.25. The fourth-order valence-electron chi connectivity index (χ4n) is 2.57. The third kappa shape index (κ3) is 2.72. The predicted octanol–water partition coefficient (Wildman–Crippen LogP) is 2.23. The molecule has 2 rings (SSSR count). The molecule has 0 N–H and O–H groups in total. The van der Waals surface area contributed by atoms with Crippen molar-refractivity contribution < 1.29 is 4.74 Å². The van der Waals surface area contributed by atoms with Crippen molar-refractivity contribution in [2.24, 2.45) is 0 Å². The van der Waals surface area contributed by atoms with Crippen molar-refractivity contribution in [2.75, 3.05) is 26.3 Å². The van der Waals surface area contributed by atoms with Gasteiger partial charge >= 0.3 is 0 Å². The lowest BCUT2D eigenvalue weighted by atomic mass is 9.87. The first-order valence-electron chi connectivity index (χ1n) is 6.59. The summed E-state index contributed by atoms with van der Waals surface area (Å²) in [6, 6.07) is 12.8. The summed E-state index contributed by atoms with van der Waals surface area (Å²) in [5, 5.41) is 9.66. The van der Waals surface area contributed by atoms with Crippen molar-refractivity contribution in [1.82, 2.24) is 4.90 Å². The Labute approximate surface area is 109 Å². The third-order valence-corrected chi connectivity index (χ3v) is 3.75. The van der Waals surface area contributed by atoms with Crippen LogP contribution < -0.4 is 0 Å². The van der Waals surface area contributed by atoms with Gasteiger partial charge in [0.25, 0.3) is 0 Å². The highest BCUT2D eigenvalue weighted by atomic mass is 16.5. The van der Waals surface area contributed by atoms with Crippen LogP contribution in [0.1, 0.15) is 18.9 Å². The van der Waals surface area contributed by atoms with Crippen LogP contribution in [-0.4, -0.2) is 36.7 Å². The average Bonchev–Trinajstić information content (AvgIpc) is 2.47. The Morgan fingerprint density at radius 2 is 1.94 bits per heavy atom. The Balaban J connectivity index is 2.18. The molecule has 0 saturated carbocycles. The summed E-state index contributed by atoms with van der Waals surface area (Å²) in [7, 11) is 0. The molecule has 0 aliphatic carbocycles. The van der Waals surface area contributed by atoms with E-state index in [0.29, 0.717) is 0 Å². The van der Waals surface area contributed by atoms with E-state index in [1.54, 1.807) is 0 Å². The first kappa shape index (κ1) is 13.1. The van der Waals surface area contributed by atoms with E-state index in [4.69, 9.17) is 4.74 Å². The molecule has 1 heterocycles. The van der Waals surface area contributed by atoms with E-state index < -0.39 is 0 Å². The molecule has 0 spiro atoms. The summed E-state index contributed by atoms with van der Waals surface area (Å²) in [6.07, 6.45) is 1.64. The van der Waals surface area contributed by atoms with Crippen LogP contribution in [0.25, 0.3) is 0 Å². The Bertz CT molecular complexity index is 406. The summed E-state index contributed by atoms with van der Waals surface area (Å²) in [5.41, 5.74) is 0.845. The third-order valence-electron chi connectivity index (χ3n) is 3.75. The molecule has 1 aliphatic rings. The van der Waals surface area contributed by atoms with E-state index >= 15 is 0 Å². The lowest BCUT2D eigenvalue weighted by Gasteiger charge is -2.40. The molecule has 1 atom stereocenters. The van der Waals surface area contributed by atoms with Crippen molar-refractivity contribution >= 4 is 0 Å². The van der Waals surface area contributed by atoms with Crippen LogP contribution >= 0.6 is 0 Å². The minimum atomic E-state index is -0.384. The number of hydrogen-bond acceptors (Lipinski definition) is 3. The van der Waals surface area contributed by atoms with E-state index in [1.807, 2.05) is 18.2 Å².